The smallest absolute Gasteiger partial charge is 0.255 e. The van der Waals surface area contributed by atoms with E-state index >= 15 is 0 Å². The van der Waals surface area contributed by atoms with Gasteiger partial charge in [-0.25, -0.2) is 0 Å². The summed E-state index contributed by atoms with van der Waals surface area (Å²) in [5, 5.41) is 2.85. The first-order valence-electron chi connectivity index (χ1n) is 8.84. The van der Waals surface area contributed by atoms with Crippen molar-refractivity contribution in [2.75, 3.05) is 19.0 Å². The third-order valence-electron chi connectivity index (χ3n) is 4.28. The topological polar surface area (TPSA) is 64.6 Å². The molecule has 0 aliphatic rings. The number of carbonyl (C=O) groups excluding carboxylic acids is 2. The van der Waals surface area contributed by atoms with Crippen LogP contribution in [-0.4, -0.2) is 25.4 Å². The van der Waals surface area contributed by atoms with Crippen LogP contribution in [0.1, 0.15) is 26.3 Å². The van der Waals surface area contributed by atoms with Crippen LogP contribution in [0, 0.1) is 6.92 Å². The minimum Gasteiger partial charge on any atom is -0.497 e. The molecule has 3 rings (SSSR count). The number of aryl methyl sites for hydroxylation is 1. The van der Waals surface area contributed by atoms with Crippen molar-refractivity contribution in [3.8, 4) is 11.5 Å². The lowest BCUT2D eigenvalue weighted by molar-refractivity contribution is 0.0921. The Morgan fingerprint density at radius 3 is 2.14 bits per heavy atom. The third-order valence-corrected chi connectivity index (χ3v) is 4.28. The average molecular weight is 375 g/mol. The minimum absolute atomic E-state index is 0.0682. The van der Waals surface area contributed by atoms with Crippen molar-refractivity contribution in [3.05, 3.63) is 89.5 Å². The summed E-state index contributed by atoms with van der Waals surface area (Å²) in [7, 11) is 1.58. The third kappa shape index (κ3) is 4.76. The summed E-state index contributed by atoms with van der Waals surface area (Å²) in [6.07, 6.45) is 0. The first kappa shape index (κ1) is 19.2. The molecule has 0 heterocycles. The molecule has 5 heteroatoms. The molecule has 0 fully saturated rings. The fourth-order valence-electron chi connectivity index (χ4n) is 2.67. The Morgan fingerprint density at radius 1 is 0.857 bits per heavy atom. The summed E-state index contributed by atoms with van der Waals surface area (Å²) in [5.74, 6) is 0.956. The van der Waals surface area contributed by atoms with Gasteiger partial charge in [-0.2, -0.15) is 0 Å². The molecule has 0 aliphatic carbocycles. The van der Waals surface area contributed by atoms with Gasteiger partial charge in [-0.05, 0) is 67.1 Å². The molecular formula is C23H21NO4. The maximum absolute atomic E-state index is 12.3. The molecular weight excluding hydrogens is 354 g/mol. The predicted octanol–water partition coefficient (Wildman–Crippen LogP) is 4.52. The highest BCUT2D eigenvalue weighted by molar-refractivity contribution is 6.05. The van der Waals surface area contributed by atoms with Crippen LogP contribution >= 0.6 is 0 Å². The van der Waals surface area contributed by atoms with Gasteiger partial charge in [0.15, 0.2) is 12.4 Å². The number of ketones is 1. The van der Waals surface area contributed by atoms with Crippen LogP contribution in [-0.2, 0) is 0 Å². The number of Topliss-reactive ketones (excluding diaryl/α,β-unsaturated/α-hetero) is 1. The Hall–Kier alpha value is -3.60. The lowest BCUT2D eigenvalue weighted by atomic mass is 10.1. The SMILES string of the molecule is COc1ccc(C(=O)COc2ccc(NC(=O)c3ccccc3C)cc2)cc1. The molecule has 0 bridgehead atoms. The maximum Gasteiger partial charge on any atom is 0.255 e. The van der Waals surface area contributed by atoms with Crippen LogP contribution in [0.5, 0.6) is 11.5 Å². The number of nitrogens with one attached hydrogen (secondary N) is 1. The molecule has 0 spiro atoms. The van der Waals surface area contributed by atoms with Crippen molar-refractivity contribution < 1.29 is 19.1 Å². The Morgan fingerprint density at radius 2 is 1.50 bits per heavy atom. The molecule has 0 unspecified atom stereocenters. The van der Waals surface area contributed by atoms with E-state index in [2.05, 4.69) is 5.32 Å². The quantitative estimate of drug-likeness (QED) is 0.617. The summed E-state index contributed by atoms with van der Waals surface area (Å²) < 4.78 is 10.6. The van der Waals surface area contributed by atoms with Crippen LogP contribution in [0.15, 0.2) is 72.8 Å². The van der Waals surface area contributed by atoms with Gasteiger partial charge in [-0.1, -0.05) is 18.2 Å². The van der Waals surface area contributed by atoms with Crippen molar-refractivity contribution in [1.29, 1.82) is 0 Å². The number of hydrogen-bond donors (Lipinski definition) is 1. The van der Waals surface area contributed by atoms with Gasteiger partial charge in [0.2, 0.25) is 0 Å². The van der Waals surface area contributed by atoms with Crippen molar-refractivity contribution in [3.63, 3.8) is 0 Å². The molecule has 28 heavy (non-hydrogen) atoms. The Balaban J connectivity index is 1.56. The summed E-state index contributed by atoms with van der Waals surface area (Å²) in [5.41, 5.74) is 2.76. The standard InChI is InChI=1S/C23H21NO4/c1-16-5-3-4-6-21(16)23(26)24-18-9-13-20(14-10-18)28-15-22(25)17-7-11-19(27-2)12-8-17/h3-14H,15H2,1-2H3,(H,24,26). The average Bonchev–Trinajstić information content (AvgIpc) is 2.73. The normalized spacial score (nSPS) is 10.2. The molecule has 0 aliphatic heterocycles. The van der Waals surface area contributed by atoms with E-state index in [1.165, 1.54) is 0 Å². The van der Waals surface area contributed by atoms with Crippen LogP contribution in [0.3, 0.4) is 0 Å². The van der Waals surface area contributed by atoms with E-state index in [0.29, 0.717) is 28.3 Å². The molecule has 0 atom stereocenters. The molecule has 3 aromatic rings. The second-order valence-electron chi connectivity index (χ2n) is 6.23. The fourth-order valence-corrected chi connectivity index (χ4v) is 2.67. The molecule has 1 amide bonds. The van der Waals surface area contributed by atoms with E-state index < -0.39 is 0 Å². The van der Waals surface area contributed by atoms with Gasteiger partial charge >= 0.3 is 0 Å². The number of methoxy groups -OCH3 is 1. The van der Waals surface area contributed by atoms with Gasteiger partial charge in [-0.15, -0.1) is 0 Å². The van der Waals surface area contributed by atoms with Gasteiger partial charge in [0.05, 0.1) is 7.11 Å². The first-order chi connectivity index (χ1) is 13.6. The maximum atomic E-state index is 12.3. The van der Waals surface area contributed by atoms with Gasteiger partial charge < -0.3 is 14.8 Å². The van der Waals surface area contributed by atoms with Crippen molar-refractivity contribution in [2.45, 2.75) is 6.92 Å². The second-order valence-corrected chi connectivity index (χ2v) is 6.23. The van der Waals surface area contributed by atoms with Crippen LogP contribution in [0.2, 0.25) is 0 Å². The van der Waals surface area contributed by atoms with Crippen LogP contribution in [0.25, 0.3) is 0 Å². The first-order valence-corrected chi connectivity index (χ1v) is 8.84. The van der Waals surface area contributed by atoms with E-state index in [4.69, 9.17) is 9.47 Å². The highest BCUT2D eigenvalue weighted by Gasteiger charge is 2.10. The summed E-state index contributed by atoms with van der Waals surface area (Å²) in [4.78, 5) is 24.5. The zero-order valence-corrected chi connectivity index (χ0v) is 15.8. The zero-order chi connectivity index (χ0) is 19.9. The summed E-state index contributed by atoms with van der Waals surface area (Å²) >= 11 is 0. The van der Waals surface area contributed by atoms with Crippen molar-refractivity contribution in [1.82, 2.24) is 0 Å². The zero-order valence-electron chi connectivity index (χ0n) is 15.8. The Labute approximate surface area is 163 Å². The van der Waals surface area contributed by atoms with Gasteiger partial charge in [-0.3, -0.25) is 9.59 Å². The second kappa shape index (κ2) is 8.86. The fraction of sp³-hybridized carbons (Fsp3) is 0.130. The molecule has 0 radical (unpaired) electrons. The molecule has 0 saturated heterocycles. The molecule has 0 aromatic heterocycles. The Kier molecular flexibility index (Phi) is 6.07. The Bertz CT molecular complexity index is 963. The van der Waals surface area contributed by atoms with E-state index in [9.17, 15) is 9.59 Å². The number of amides is 1. The van der Waals surface area contributed by atoms with E-state index in [1.54, 1.807) is 61.7 Å². The number of rotatable bonds is 7. The summed E-state index contributed by atoms with van der Waals surface area (Å²) in [6, 6.07) is 21.2. The number of benzene rings is 3. The molecule has 142 valence electrons. The van der Waals surface area contributed by atoms with Crippen molar-refractivity contribution in [2.24, 2.45) is 0 Å². The van der Waals surface area contributed by atoms with Crippen LogP contribution < -0.4 is 14.8 Å². The van der Waals surface area contributed by atoms with E-state index in [0.717, 1.165) is 5.56 Å². The van der Waals surface area contributed by atoms with E-state index in [-0.39, 0.29) is 18.3 Å². The molecule has 5 nitrogen and oxygen atoms in total. The highest BCUT2D eigenvalue weighted by atomic mass is 16.5. The van der Waals surface area contributed by atoms with Gasteiger partial charge in [0.25, 0.3) is 5.91 Å². The summed E-state index contributed by atoms with van der Waals surface area (Å²) in [6.45, 7) is 1.83. The lowest BCUT2D eigenvalue weighted by Gasteiger charge is -2.09. The monoisotopic (exact) mass is 375 g/mol. The van der Waals surface area contributed by atoms with Crippen molar-refractivity contribution >= 4 is 17.4 Å². The molecule has 3 aromatic carbocycles. The molecule has 0 saturated carbocycles. The molecule has 1 N–H and O–H groups in total. The predicted molar refractivity (Wildman–Crippen MR) is 108 cm³/mol. The highest BCUT2D eigenvalue weighted by Crippen LogP contribution is 2.18. The van der Waals surface area contributed by atoms with Gasteiger partial charge in [0.1, 0.15) is 11.5 Å². The number of anilines is 1. The lowest BCUT2D eigenvalue weighted by Crippen LogP contribution is -2.13. The van der Waals surface area contributed by atoms with Gasteiger partial charge in [0, 0.05) is 16.8 Å². The minimum atomic E-state index is -0.165. The number of hydrogen-bond acceptors (Lipinski definition) is 4. The number of carbonyl (C=O) groups is 2. The van der Waals surface area contributed by atoms with Crippen LogP contribution in [0.4, 0.5) is 5.69 Å². The number of ether oxygens (including phenoxy) is 2. The van der Waals surface area contributed by atoms with E-state index in [1.807, 2.05) is 25.1 Å². The largest absolute Gasteiger partial charge is 0.497 e.